The van der Waals surface area contributed by atoms with Gasteiger partial charge in [-0.05, 0) is 50.3 Å². The van der Waals surface area contributed by atoms with Gasteiger partial charge in [0.1, 0.15) is 11.6 Å². The first-order valence-electron chi connectivity index (χ1n) is 13.3. The van der Waals surface area contributed by atoms with Crippen LogP contribution in [0.4, 0.5) is 10.5 Å². The number of thioether (sulfide) groups is 1. The first-order chi connectivity index (χ1) is 18.4. The number of amidine groups is 1. The minimum Gasteiger partial charge on any atom is -0.444 e. The number of alkyl carbamates (subject to hydrolysis) is 1. The third-order valence-electron chi connectivity index (χ3n) is 6.75. The Kier molecular flexibility index (Phi) is 8.75. The number of benzene rings is 2. The van der Waals surface area contributed by atoms with Crippen LogP contribution in [0.15, 0.2) is 53.5 Å². The predicted molar refractivity (Wildman–Crippen MR) is 157 cm³/mol. The zero-order chi connectivity index (χ0) is 28.4. The second-order valence-corrected chi connectivity index (χ2v) is 14.3. The molecule has 0 unspecified atom stereocenters. The van der Waals surface area contributed by atoms with Crippen LogP contribution in [0.3, 0.4) is 0 Å². The highest BCUT2D eigenvalue weighted by molar-refractivity contribution is 8.16. The molecule has 2 heterocycles. The number of hydrogen-bond acceptors (Lipinski definition) is 6. The molecule has 210 valence electrons. The van der Waals surface area contributed by atoms with Gasteiger partial charge in [0.15, 0.2) is 15.0 Å². The Morgan fingerprint density at radius 1 is 1.05 bits per heavy atom. The van der Waals surface area contributed by atoms with E-state index in [1.165, 1.54) is 11.8 Å². The van der Waals surface area contributed by atoms with Crippen LogP contribution in [0.2, 0.25) is 0 Å². The molecule has 4 rings (SSSR count). The molecule has 2 aromatic rings. The van der Waals surface area contributed by atoms with Crippen LogP contribution in [0.1, 0.15) is 51.3 Å². The Balaban J connectivity index is 1.73. The Hall–Kier alpha value is -2.85. The molecule has 0 bridgehead atoms. The van der Waals surface area contributed by atoms with Crippen molar-refractivity contribution in [3.63, 3.8) is 0 Å². The summed E-state index contributed by atoms with van der Waals surface area (Å²) in [5.74, 6) is -0.444. The number of carbonyl (C=O) groups excluding carboxylic acids is 2. The zero-order valence-electron chi connectivity index (χ0n) is 23.1. The number of sulfone groups is 1. The van der Waals surface area contributed by atoms with Crippen LogP contribution in [0.5, 0.6) is 0 Å². The number of aryl methyl sites for hydroxylation is 2. The van der Waals surface area contributed by atoms with Gasteiger partial charge < -0.3 is 15.0 Å². The van der Waals surface area contributed by atoms with Crippen LogP contribution in [0, 0.1) is 0 Å². The summed E-state index contributed by atoms with van der Waals surface area (Å²) in [4.78, 5) is 32.9. The van der Waals surface area contributed by atoms with Gasteiger partial charge in [-0.2, -0.15) is 4.99 Å². The van der Waals surface area contributed by atoms with Gasteiger partial charge in [0.05, 0.1) is 17.5 Å². The van der Waals surface area contributed by atoms with Crippen LogP contribution >= 0.6 is 11.8 Å². The molecule has 2 aromatic carbocycles. The number of aliphatic imine (C=N–C) groups is 1. The fraction of sp³-hybridized carbons (Fsp3) is 0.483. The van der Waals surface area contributed by atoms with Gasteiger partial charge in [0.25, 0.3) is 5.91 Å². The topological polar surface area (TPSA) is 105 Å². The molecule has 2 aliphatic rings. The third kappa shape index (κ3) is 7.03. The molecule has 0 aliphatic carbocycles. The quantitative estimate of drug-likeness (QED) is 0.520. The molecule has 8 nitrogen and oxygen atoms in total. The van der Waals surface area contributed by atoms with Crippen molar-refractivity contribution in [2.24, 2.45) is 4.99 Å². The Labute approximate surface area is 235 Å². The summed E-state index contributed by atoms with van der Waals surface area (Å²) in [5.41, 5.74) is 3.24. The van der Waals surface area contributed by atoms with Crippen molar-refractivity contribution in [1.29, 1.82) is 0 Å². The van der Waals surface area contributed by atoms with Crippen molar-refractivity contribution in [2.45, 2.75) is 76.8 Å². The fourth-order valence-corrected chi connectivity index (χ4v) is 8.93. The van der Waals surface area contributed by atoms with Crippen molar-refractivity contribution >= 4 is 44.5 Å². The number of para-hydroxylation sites is 1. The van der Waals surface area contributed by atoms with Gasteiger partial charge in [-0.15, -0.1) is 0 Å². The molecule has 0 aromatic heterocycles. The maximum absolute atomic E-state index is 13.7. The molecule has 39 heavy (non-hydrogen) atoms. The number of hydrogen-bond donors (Lipinski definition) is 1. The normalized spacial score (nSPS) is 22.0. The lowest BCUT2D eigenvalue weighted by molar-refractivity contribution is -0.119. The Morgan fingerprint density at radius 3 is 2.28 bits per heavy atom. The molecule has 2 aliphatic heterocycles. The van der Waals surface area contributed by atoms with Gasteiger partial charge in [0.2, 0.25) is 0 Å². The van der Waals surface area contributed by atoms with Gasteiger partial charge in [-0.25, -0.2) is 13.2 Å². The van der Waals surface area contributed by atoms with E-state index in [4.69, 9.17) is 4.74 Å². The van der Waals surface area contributed by atoms with Crippen molar-refractivity contribution in [3.8, 4) is 0 Å². The molecule has 2 amide bonds. The van der Waals surface area contributed by atoms with E-state index in [2.05, 4.69) is 24.2 Å². The molecule has 10 heteroatoms. The minimum absolute atomic E-state index is 0.0166. The average Bonchev–Trinajstić information content (AvgIpc) is 3.32. The maximum Gasteiger partial charge on any atom is 0.408 e. The smallest absolute Gasteiger partial charge is 0.408 e. The standard InChI is InChI=1S/C29H37N3O5S2/c1-6-20-14-11-15-21(7-2)25(20)32-23-17-39(35,36)18-24(23)38-27(32)31-26(33)22(16-19-12-9-8-10-13-19)30-28(34)37-29(3,4)5/h8-15,22-24H,6-7,16-18H2,1-5H3,(H,30,34)/t22-,23+,24+/m1/s1. The fourth-order valence-electron chi connectivity index (χ4n) is 5.02. The lowest BCUT2D eigenvalue weighted by atomic mass is 10.0. The first-order valence-corrected chi connectivity index (χ1v) is 16.0. The third-order valence-corrected chi connectivity index (χ3v) is 9.96. The predicted octanol–water partition coefficient (Wildman–Crippen LogP) is 4.55. The first kappa shape index (κ1) is 29.1. The van der Waals surface area contributed by atoms with E-state index in [-0.39, 0.29) is 29.2 Å². The highest BCUT2D eigenvalue weighted by Crippen LogP contribution is 2.43. The molecule has 0 spiro atoms. The van der Waals surface area contributed by atoms with Gasteiger partial charge in [0, 0.05) is 17.4 Å². The molecule has 3 atom stereocenters. The number of nitrogens with zero attached hydrogens (tertiary/aromatic N) is 2. The summed E-state index contributed by atoms with van der Waals surface area (Å²) in [6.07, 6.45) is 1.06. The van der Waals surface area contributed by atoms with Crippen LogP contribution in [-0.4, -0.2) is 60.0 Å². The Morgan fingerprint density at radius 2 is 1.69 bits per heavy atom. The van der Waals surface area contributed by atoms with E-state index in [1.807, 2.05) is 53.4 Å². The van der Waals surface area contributed by atoms with Gasteiger partial charge in [-0.3, -0.25) is 4.79 Å². The highest BCUT2D eigenvalue weighted by Gasteiger charge is 2.50. The molecular formula is C29H37N3O5S2. The molecule has 0 saturated carbocycles. The van der Waals surface area contributed by atoms with E-state index in [1.54, 1.807) is 20.8 Å². The lowest BCUT2D eigenvalue weighted by Crippen LogP contribution is -2.45. The largest absolute Gasteiger partial charge is 0.444 e. The molecule has 1 N–H and O–H groups in total. The molecule has 2 saturated heterocycles. The number of rotatable bonds is 7. The summed E-state index contributed by atoms with van der Waals surface area (Å²) in [5, 5.41) is 2.97. The summed E-state index contributed by atoms with van der Waals surface area (Å²) in [6.45, 7) is 9.41. The van der Waals surface area contributed by atoms with E-state index >= 15 is 0 Å². The van der Waals surface area contributed by atoms with Crippen molar-refractivity contribution < 1.29 is 22.7 Å². The lowest BCUT2D eigenvalue weighted by Gasteiger charge is -2.29. The van der Waals surface area contributed by atoms with Crippen LogP contribution in [0.25, 0.3) is 0 Å². The molecule has 0 radical (unpaired) electrons. The summed E-state index contributed by atoms with van der Waals surface area (Å²) >= 11 is 1.34. The number of fused-ring (bicyclic) bond motifs is 1. The summed E-state index contributed by atoms with van der Waals surface area (Å²) in [6, 6.07) is 14.2. The number of anilines is 1. The van der Waals surface area contributed by atoms with Crippen molar-refractivity contribution in [2.75, 3.05) is 16.4 Å². The second-order valence-electron chi connectivity index (χ2n) is 10.9. The summed E-state index contributed by atoms with van der Waals surface area (Å²) < 4.78 is 30.6. The average molecular weight is 572 g/mol. The minimum atomic E-state index is -3.20. The SMILES string of the molecule is CCc1cccc(CC)c1N1C(=NC(=O)[C@@H](Cc2ccccc2)NC(=O)OC(C)(C)C)S[C@H]2CS(=O)(=O)C[C@@H]21. The molecular weight excluding hydrogens is 534 g/mol. The number of nitrogens with one attached hydrogen (secondary N) is 1. The van der Waals surface area contributed by atoms with Gasteiger partial charge >= 0.3 is 6.09 Å². The monoisotopic (exact) mass is 571 g/mol. The number of carbonyl (C=O) groups is 2. The van der Waals surface area contributed by atoms with Crippen LogP contribution < -0.4 is 10.2 Å². The van der Waals surface area contributed by atoms with Gasteiger partial charge in [-0.1, -0.05) is 74.1 Å². The van der Waals surface area contributed by atoms with Crippen LogP contribution in [-0.2, 0) is 38.6 Å². The van der Waals surface area contributed by atoms with E-state index in [0.29, 0.717) is 5.17 Å². The van der Waals surface area contributed by atoms with E-state index in [0.717, 1.165) is 35.2 Å². The van der Waals surface area contributed by atoms with Crippen molar-refractivity contribution in [1.82, 2.24) is 5.32 Å². The van der Waals surface area contributed by atoms with Crippen molar-refractivity contribution in [3.05, 3.63) is 65.2 Å². The highest BCUT2D eigenvalue weighted by atomic mass is 32.2. The summed E-state index contributed by atoms with van der Waals surface area (Å²) in [7, 11) is -3.20. The maximum atomic E-state index is 13.7. The van der Waals surface area contributed by atoms with E-state index < -0.39 is 33.5 Å². The Bertz CT molecular complexity index is 1330. The zero-order valence-corrected chi connectivity index (χ0v) is 24.8. The number of ether oxygens (including phenoxy) is 1. The second kappa shape index (κ2) is 11.7. The number of amides is 2. The molecule has 2 fully saturated rings. The van der Waals surface area contributed by atoms with E-state index in [9.17, 15) is 18.0 Å².